The van der Waals surface area contributed by atoms with Gasteiger partial charge in [-0.1, -0.05) is 12.8 Å². The summed E-state index contributed by atoms with van der Waals surface area (Å²) in [6.07, 6.45) is 7.04. The van der Waals surface area contributed by atoms with Crippen molar-refractivity contribution < 1.29 is 8.42 Å². The van der Waals surface area contributed by atoms with Crippen LogP contribution in [-0.2, 0) is 9.84 Å². The number of hydrogen-bond acceptors (Lipinski definition) is 3. The molecule has 1 fully saturated rings. The van der Waals surface area contributed by atoms with Crippen molar-refractivity contribution in [1.82, 2.24) is 5.32 Å². The molecule has 1 unspecified atom stereocenters. The minimum atomic E-state index is -2.77. The maximum absolute atomic E-state index is 10.9. The van der Waals surface area contributed by atoms with Crippen molar-refractivity contribution in [3.63, 3.8) is 0 Å². The van der Waals surface area contributed by atoms with Crippen molar-refractivity contribution in [1.29, 1.82) is 0 Å². The number of rotatable bonds is 7. The Labute approximate surface area is 87.2 Å². The second kappa shape index (κ2) is 5.12. The summed E-state index contributed by atoms with van der Waals surface area (Å²) in [5.41, 5.74) is 0. The third kappa shape index (κ3) is 5.60. The van der Waals surface area contributed by atoms with Crippen LogP contribution in [0.5, 0.6) is 0 Å². The average molecular weight is 219 g/mol. The lowest BCUT2D eigenvalue weighted by atomic mass is 10.1. The van der Waals surface area contributed by atoms with Crippen LogP contribution in [0.1, 0.15) is 32.1 Å². The van der Waals surface area contributed by atoms with Gasteiger partial charge < -0.3 is 5.32 Å². The summed E-state index contributed by atoms with van der Waals surface area (Å²) in [6.45, 7) is 0. The van der Waals surface area contributed by atoms with E-state index in [9.17, 15) is 8.42 Å². The van der Waals surface area contributed by atoms with Gasteiger partial charge in [-0.15, -0.1) is 0 Å². The predicted octanol–water partition coefficient (Wildman–Crippen LogP) is 1.20. The Morgan fingerprint density at radius 3 is 2.50 bits per heavy atom. The highest BCUT2D eigenvalue weighted by Gasteiger charge is 2.24. The number of sulfone groups is 1. The van der Waals surface area contributed by atoms with Crippen LogP contribution in [0.2, 0.25) is 0 Å². The van der Waals surface area contributed by atoms with E-state index in [2.05, 4.69) is 5.32 Å². The molecule has 1 aliphatic carbocycles. The lowest BCUT2D eigenvalue weighted by Gasteiger charge is -2.14. The normalized spacial score (nSPS) is 19.6. The van der Waals surface area contributed by atoms with E-state index < -0.39 is 9.84 Å². The Kier molecular flexibility index (Phi) is 4.38. The van der Waals surface area contributed by atoms with E-state index in [1.165, 1.54) is 25.5 Å². The zero-order valence-electron chi connectivity index (χ0n) is 9.12. The highest BCUT2D eigenvalue weighted by atomic mass is 32.2. The Morgan fingerprint density at radius 2 is 2.07 bits per heavy atom. The second-order valence-corrected chi connectivity index (χ2v) is 6.70. The molecule has 0 aromatic carbocycles. The Bertz CT molecular complexity index is 257. The molecule has 0 saturated heterocycles. The maximum atomic E-state index is 10.9. The minimum absolute atomic E-state index is 0.329. The molecule has 4 heteroatoms. The van der Waals surface area contributed by atoms with Crippen LogP contribution in [0, 0.1) is 5.92 Å². The molecule has 1 rings (SSSR count). The molecule has 0 radical (unpaired) electrons. The summed E-state index contributed by atoms with van der Waals surface area (Å²) in [7, 11) is -0.803. The molecular weight excluding hydrogens is 198 g/mol. The molecule has 1 saturated carbocycles. The molecule has 0 heterocycles. The second-order valence-electron chi connectivity index (χ2n) is 4.44. The fourth-order valence-electron chi connectivity index (χ4n) is 1.73. The lowest BCUT2D eigenvalue weighted by Crippen LogP contribution is -2.26. The highest BCUT2D eigenvalue weighted by molar-refractivity contribution is 7.90. The van der Waals surface area contributed by atoms with Crippen LogP contribution in [0.25, 0.3) is 0 Å². The highest BCUT2D eigenvalue weighted by Crippen LogP contribution is 2.34. The van der Waals surface area contributed by atoms with Crippen molar-refractivity contribution in [3.05, 3.63) is 0 Å². The van der Waals surface area contributed by atoms with E-state index in [4.69, 9.17) is 0 Å². The first-order valence-corrected chi connectivity index (χ1v) is 7.42. The molecule has 1 atom stereocenters. The summed E-state index contributed by atoms with van der Waals surface area (Å²) < 4.78 is 21.8. The van der Waals surface area contributed by atoms with Gasteiger partial charge in [0.15, 0.2) is 0 Å². The Balaban J connectivity index is 2.13. The van der Waals surface area contributed by atoms with E-state index in [0.717, 1.165) is 18.8 Å². The van der Waals surface area contributed by atoms with E-state index in [-0.39, 0.29) is 0 Å². The fraction of sp³-hybridized carbons (Fsp3) is 1.00. The van der Waals surface area contributed by atoms with Crippen LogP contribution < -0.4 is 5.32 Å². The monoisotopic (exact) mass is 219 g/mol. The molecule has 0 aliphatic heterocycles. The molecule has 0 spiro atoms. The minimum Gasteiger partial charge on any atom is -0.317 e. The zero-order valence-corrected chi connectivity index (χ0v) is 9.94. The van der Waals surface area contributed by atoms with Gasteiger partial charge in [0.05, 0.1) is 0 Å². The van der Waals surface area contributed by atoms with E-state index in [1.54, 1.807) is 0 Å². The summed E-state index contributed by atoms with van der Waals surface area (Å²) >= 11 is 0. The summed E-state index contributed by atoms with van der Waals surface area (Å²) in [4.78, 5) is 0. The van der Waals surface area contributed by atoms with Gasteiger partial charge in [0.2, 0.25) is 0 Å². The molecule has 1 N–H and O–H groups in total. The van der Waals surface area contributed by atoms with Gasteiger partial charge in [0, 0.05) is 18.1 Å². The van der Waals surface area contributed by atoms with Crippen LogP contribution in [0.3, 0.4) is 0 Å². The first-order valence-electron chi connectivity index (χ1n) is 5.36. The smallest absolute Gasteiger partial charge is 0.147 e. The van der Waals surface area contributed by atoms with Gasteiger partial charge in [0.1, 0.15) is 9.84 Å². The average Bonchev–Trinajstić information content (AvgIpc) is 2.84. The van der Waals surface area contributed by atoms with Crippen LogP contribution in [-0.4, -0.2) is 33.5 Å². The van der Waals surface area contributed by atoms with Crippen molar-refractivity contribution in [2.24, 2.45) is 5.92 Å². The number of nitrogens with one attached hydrogen (secondary N) is 1. The van der Waals surface area contributed by atoms with Crippen molar-refractivity contribution in [3.8, 4) is 0 Å². The SMILES string of the molecule is CNC(CCCS(C)(=O)=O)CC1CC1. The lowest BCUT2D eigenvalue weighted by molar-refractivity contribution is 0.459. The molecular formula is C10H21NO2S. The molecule has 14 heavy (non-hydrogen) atoms. The third-order valence-corrected chi connectivity index (χ3v) is 3.82. The molecule has 84 valence electrons. The van der Waals surface area contributed by atoms with Crippen molar-refractivity contribution >= 4 is 9.84 Å². The van der Waals surface area contributed by atoms with Gasteiger partial charge in [-0.3, -0.25) is 0 Å². The standard InChI is InChI=1S/C10H21NO2S/c1-11-10(8-9-5-6-9)4-3-7-14(2,12)13/h9-11H,3-8H2,1-2H3. The molecule has 1 aliphatic rings. The first-order chi connectivity index (χ1) is 6.51. The van der Waals surface area contributed by atoms with Crippen LogP contribution >= 0.6 is 0 Å². The van der Waals surface area contributed by atoms with Gasteiger partial charge in [-0.25, -0.2) is 8.42 Å². The fourth-order valence-corrected chi connectivity index (χ4v) is 2.42. The number of hydrogen-bond donors (Lipinski definition) is 1. The van der Waals surface area contributed by atoms with Gasteiger partial charge in [-0.05, 0) is 32.2 Å². The Hall–Kier alpha value is -0.0900. The van der Waals surface area contributed by atoms with Gasteiger partial charge in [0.25, 0.3) is 0 Å². The molecule has 3 nitrogen and oxygen atoms in total. The first kappa shape index (κ1) is 12.0. The molecule has 0 aromatic heterocycles. The van der Waals surface area contributed by atoms with E-state index in [1.807, 2.05) is 7.05 Å². The van der Waals surface area contributed by atoms with E-state index >= 15 is 0 Å². The third-order valence-electron chi connectivity index (χ3n) is 2.79. The van der Waals surface area contributed by atoms with E-state index in [0.29, 0.717) is 11.8 Å². The van der Waals surface area contributed by atoms with Crippen molar-refractivity contribution in [2.45, 2.75) is 38.1 Å². The quantitative estimate of drug-likeness (QED) is 0.700. The maximum Gasteiger partial charge on any atom is 0.147 e. The summed E-state index contributed by atoms with van der Waals surface area (Å²) in [5.74, 6) is 1.24. The summed E-state index contributed by atoms with van der Waals surface area (Å²) in [5, 5.41) is 3.26. The predicted molar refractivity (Wildman–Crippen MR) is 59.1 cm³/mol. The van der Waals surface area contributed by atoms with Crippen LogP contribution in [0.4, 0.5) is 0 Å². The summed E-state index contributed by atoms with van der Waals surface area (Å²) in [6, 6.07) is 0.518. The van der Waals surface area contributed by atoms with Gasteiger partial charge in [-0.2, -0.15) is 0 Å². The molecule has 0 bridgehead atoms. The Morgan fingerprint density at radius 1 is 1.43 bits per heavy atom. The van der Waals surface area contributed by atoms with Gasteiger partial charge >= 0.3 is 0 Å². The van der Waals surface area contributed by atoms with Crippen LogP contribution in [0.15, 0.2) is 0 Å². The van der Waals surface area contributed by atoms with Crippen molar-refractivity contribution in [2.75, 3.05) is 19.1 Å². The molecule has 0 amide bonds. The largest absolute Gasteiger partial charge is 0.317 e. The topological polar surface area (TPSA) is 46.2 Å². The molecule has 0 aromatic rings. The zero-order chi connectivity index (χ0) is 10.6.